The molecule has 0 aliphatic rings. The van der Waals surface area contributed by atoms with Gasteiger partial charge in [0.1, 0.15) is 5.75 Å². The van der Waals surface area contributed by atoms with E-state index in [0.717, 1.165) is 5.56 Å². The monoisotopic (exact) mass is 458 g/mol. The predicted octanol–water partition coefficient (Wildman–Crippen LogP) is 4.42. The van der Waals surface area contributed by atoms with Gasteiger partial charge >= 0.3 is 0 Å². The van der Waals surface area contributed by atoms with E-state index in [1.807, 2.05) is 19.1 Å². The third-order valence-electron chi connectivity index (χ3n) is 4.70. The summed E-state index contributed by atoms with van der Waals surface area (Å²) in [5, 5.41) is 3.46. The number of rotatable bonds is 8. The minimum atomic E-state index is -3.65. The van der Waals surface area contributed by atoms with Crippen molar-refractivity contribution >= 4 is 33.2 Å². The number of hydrogen-bond acceptors (Lipinski definition) is 4. The van der Waals surface area contributed by atoms with Gasteiger partial charge in [-0.25, -0.2) is 8.42 Å². The van der Waals surface area contributed by atoms with Crippen LogP contribution in [-0.4, -0.2) is 28.0 Å². The minimum Gasteiger partial charge on any atom is -0.484 e. The molecule has 0 saturated carbocycles. The molecule has 6 nitrogen and oxygen atoms in total. The van der Waals surface area contributed by atoms with E-state index in [2.05, 4.69) is 5.32 Å². The van der Waals surface area contributed by atoms with E-state index >= 15 is 0 Å². The minimum absolute atomic E-state index is 0.164. The van der Waals surface area contributed by atoms with Crippen LogP contribution < -0.4 is 14.4 Å². The van der Waals surface area contributed by atoms with E-state index < -0.39 is 10.0 Å². The molecule has 31 heavy (non-hydrogen) atoms. The maximum Gasteiger partial charge on any atom is 0.264 e. The number of nitrogens with one attached hydrogen (secondary N) is 1. The first-order valence-corrected chi connectivity index (χ1v) is 11.4. The molecule has 1 amide bonds. The molecule has 0 bridgehead atoms. The summed E-state index contributed by atoms with van der Waals surface area (Å²) in [5.74, 6) is 0.181. The van der Waals surface area contributed by atoms with E-state index in [9.17, 15) is 13.2 Å². The molecule has 0 radical (unpaired) electrons. The molecule has 3 rings (SSSR count). The van der Waals surface area contributed by atoms with Gasteiger partial charge in [-0.3, -0.25) is 9.10 Å². The van der Waals surface area contributed by atoms with Crippen molar-refractivity contribution in [1.82, 2.24) is 5.32 Å². The predicted molar refractivity (Wildman–Crippen MR) is 122 cm³/mol. The van der Waals surface area contributed by atoms with Crippen LogP contribution in [-0.2, 0) is 14.8 Å². The molecule has 3 aromatic rings. The second-order valence-corrected chi connectivity index (χ2v) is 9.32. The Morgan fingerprint density at radius 2 is 1.71 bits per heavy atom. The van der Waals surface area contributed by atoms with Crippen LogP contribution >= 0.6 is 11.6 Å². The standard InChI is InChI=1S/C23H23ClN2O4S/c1-17(18-7-6-8-19(24)15-18)25-23(27)16-30-21-13-11-20(12-14-21)26(2)31(28,29)22-9-4-3-5-10-22/h3-15,17H,16H2,1-2H3,(H,25,27). The van der Waals surface area contributed by atoms with Gasteiger partial charge < -0.3 is 10.1 Å². The molecule has 1 atom stereocenters. The van der Waals surface area contributed by atoms with Crippen molar-refractivity contribution in [3.63, 3.8) is 0 Å². The van der Waals surface area contributed by atoms with Crippen LogP contribution in [0.1, 0.15) is 18.5 Å². The molecule has 3 aromatic carbocycles. The summed E-state index contributed by atoms with van der Waals surface area (Å²) in [5.41, 5.74) is 1.38. The third kappa shape index (κ3) is 5.77. The Balaban J connectivity index is 1.57. The molecule has 0 spiro atoms. The van der Waals surface area contributed by atoms with Gasteiger partial charge in [-0.1, -0.05) is 41.9 Å². The summed E-state index contributed by atoms with van der Waals surface area (Å²) < 4.78 is 32.1. The van der Waals surface area contributed by atoms with Gasteiger partial charge in [0.2, 0.25) is 0 Å². The summed E-state index contributed by atoms with van der Waals surface area (Å²) >= 11 is 5.99. The van der Waals surface area contributed by atoms with E-state index in [1.54, 1.807) is 66.7 Å². The second kappa shape index (κ2) is 9.85. The molecule has 0 saturated heterocycles. The number of carbonyl (C=O) groups excluding carboxylic acids is 1. The van der Waals surface area contributed by atoms with E-state index in [-0.39, 0.29) is 23.5 Å². The Labute approximate surface area is 187 Å². The Hall–Kier alpha value is -3.03. The van der Waals surface area contributed by atoms with Crippen molar-refractivity contribution in [2.24, 2.45) is 0 Å². The molecule has 8 heteroatoms. The van der Waals surface area contributed by atoms with Crippen LogP contribution in [0, 0.1) is 0 Å². The topological polar surface area (TPSA) is 75.7 Å². The lowest BCUT2D eigenvalue weighted by Crippen LogP contribution is -2.31. The van der Waals surface area contributed by atoms with E-state index in [0.29, 0.717) is 16.5 Å². The number of sulfonamides is 1. The molecule has 0 aliphatic carbocycles. The van der Waals surface area contributed by atoms with Gasteiger partial charge in [0, 0.05) is 12.1 Å². The molecule has 1 unspecified atom stereocenters. The van der Waals surface area contributed by atoms with Crippen molar-refractivity contribution in [2.75, 3.05) is 18.0 Å². The highest BCUT2D eigenvalue weighted by Crippen LogP contribution is 2.24. The van der Waals surface area contributed by atoms with Crippen molar-refractivity contribution in [3.05, 3.63) is 89.4 Å². The maximum absolute atomic E-state index is 12.7. The van der Waals surface area contributed by atoms with E-state index in [1.165, 1.54) is 11.4 Å². The van der Waals surface area contributed by atoms with Crippen LogP contribution in [0.25, 0.3) is 0 Å². The van der Waals surface area contributed by atoms with Crippen LogP contribution in [0.2, 0.25) is 5.02 Å². The van der Waals surface area contributed by atoms with Crippen molar-refractivity contribution in [3.8, 4) is 5.75 Å². The smallest absolute Gasteiger partial charge is 0.264 e. The average molecular weight is 459 g/mol. The lowest BCUT2D eigenvalue weighted by molar-refractivity contribution is -0.123. The fourth-order valence-corrected chi connectivity index (χ4v) is 4.35. The van der Waals surface area contributed by atoms with Crippen molar-refractivity contribution < 1.29 is 17.9 Å². The number of ether oxygens (including phenoxy) is 1. The van der Waals surface area contributed by atoms with Gasteiger partial charge in [-0.2, -0.15) is 0 Å². The Morgan fingerprint density at radius 1 is 1.03 bits per heavy atom. The Bertz CT molecular complexity index is 1140. The number of carbonyl (C=O) groups is 1. The van der Waals surface area contributed by atoms with Crippen molar-refractivity contribution in [1.29, 1.82) is 0 Å². The first-order chi connectivity index (χ1) is 14.8. The SMILES string of the molecule is CC(NC(=O)COc1ccc(N(C)S(=O)(=O)c2ccccc2)cc1)c1cccc(Cl)c1. The van der Waals surface area contributed by atoms with Crippen LogP contribution in [0.3, 0.4) is 0 Å². The summed E-state index contributed by atoms with van der Waals surface area (Å²) in [6, 6.07) is 21.8. The first kappa shape index (κ1) is 22.7. The Kier molecular flexibility index (Phi) is 7.20. The second-order valence-electron chi connectivity index (χ2n) is 6.91. The van der Waals surface area contributed by atoms with Crippen LogP contribution in [0.4, 0.5) is 5.69 Å². The normalized spacial score (nSPS) is 12.1. The lowest BCUT2D eigenvalue weighted by atomic mass is 10.1. The largest absolute Gasteiger partial charge is 0.484 e. The van der Waals surface area contributed by atoms with Crippen LogP contribution in [0.15, 0.2) is 83.8 Å². The fraction of sp³-hybridized carbons (Fsp3) is 0.174. The third-order valence-corrected chi connectivity index (χ3v) is 6.73. The van der Waals surface area contributed by atoms with Crippen LogP contribution in [0.5, 0.6) is 5.75 Å². The molecule has 1 N–H and O–H groups in total. The number of anilines is 1. The average Bonchev–Trinajstić information content (AvgIpc) is 2.78. The number of halogens is 1. The number of amides is 1. The number of benzene rings is 3. The first-order valence-electron chi connectivity index (χ1n) is 9.59. The zero-order valence-electron chi connectivity index (χ0n) is 17.2. The molecule has 0 aliphatic heterocycles. The zero-order chi connectivity index (χ0) is 22.4. The van der Waals surface area contributed by atoms with Gasteiger partial charge in [0.05, 0.1) is 16.6 Å². The Morgan fingerprint density at radius 3 is 2.35 bits per heavy atom. The van der Waals surface area contributed by atoms with Crippen molar-refractivity contribution in [2.45, 2.75) is 17.9 Å². The highest BCUT2D eigenvalue weighted by Gasteiger charge is 2.20. The molecule has 162 valence electrons. The lowest BCUT2D eigenvalue weighted by Gasteiger charge is -2.20. The molecular weight excluding hydrogens is 436 g/mol. The van der Waals surface area contributed by atoms with Gasteiger partial charge in [0.15, 0.2) is 6.61 Å². The molecular formula is C23H23ClN2O4S. The summed E-state index contributed by atoms with van der Waals surface area (Å²) in [7, 11) is -2.17. The number of nitrogens with zero attached hydrogens (tertiary/aromatic N) is 1. The maximum atomic E-state index is 12.7. The number of hydrogen-bond donors (Lipinski definition) is 1. The van der Waals surface area contributed by atoms with Gasteiger partial charge in [-0.15, -0.1) is 0 Å². The van der Waals surface area contributed by atoms with Gasteiger partial charge in [-0.05, 0) is 61.0 Å². The zero-order valence-corrected chi connectivity index (χ0v) is 18.7. The molecule has 0 heterocycles. The van der Waals surface area contributed by atoms with Gasteiger partial charge in [0.25, 0.3) is 15.9 Å². The molecule has 0 aromatic heterocycles. The molecule has 0 fully saturated rings. The van der Waals surface area contributed by atoms with E-state index in [4.69, 9.17) is 16.3 Å². The fourth-order valence-electron chi connectivity index (χ4n) is 2.93. The summed E-state index contributed by atoms with van der Waals surface area (Å²) in [6.07, 6.45) is 0. The highest BCUT2D eigenvalue weighted by atomic mass is 35.5. The summed E-state index contributed by atoms with van der Waals surface area (Å²) in [6.45, 7) is 1.70. The summed E-state index contributed by atoms with van der Waals surface area (Å²) in [4.78, 5) is 12.4. The quantitative estimate of drug-likeness (QED) is 0.542. The highest BCUT2D eigenvalue weighted by molar-refractivity contribution is 7.92.